The minimum Gasteiger partial charge on any atom is -0.323 e. The molecular formula is C28H27F4N5O. The first-order chi connectivity index (χ1) is 18.1. The first-order valence-corrected chi connectivity index (χ1v) is 12.8. The lowest BCUT2D eigenvalue weighted by Gasteiger charge is -2.32. The summed E-state index contributed by atoms with van der Waals surface area (Å²) in [6.45, 7) is 1.97. The van der Waals surface area contributed by atoms with E-state index in [4.69, 9.17) is 4.98 Å². The van der Waals surface area contributed by atoms with Crippen molar-refractivity contribution in [1.29, 1.82) is 0 Å². The van der Waals surface area contributed by atoms with Gasteiger partial charge in [-0.25, -0.2) is 22.5 Å². The Morgan fingerprint density at radius 2 is 1.76 bits per heavy atom. The first kappa shape index (κ1) is 24.6. The van der Waals surface area contributed by atoms with E-state index in [1.165, 1.54) is 11.0 Å². The highest BCUT2D eigenvalue weighted by atomic mass is 19.3. The average molecular weight is 526 g/mol. The third-order valence-corrected chi connectivity index (χ3v) is 7.86. The number of halogens is 4. The quantitative estimate of drug-likeness (QED) is 0.281. The molecule has 1 saturated carbocycles. The number of anilines is 1. The average Bonchev–Trinajstić information content (AvgIpc) is 3.55. The second-order valence-electron chi connectivity index (χ2n) is 10.3. The minimum absolute atomic E-state index is 0.217. The second-order valence-corrected chi connectivity index (χ2v) is 10.3. The van der Waals surface area contributed by atoms with Crippen LogP contribution in [0.25, 0.3) is 22.3 Å². The van der Waals surface area contributed by atoms with Crippen LogP contribution in [0.2, 0.25) is 0 Å². The maximum Gasteiger partial charge on any atom is 0.248 e. The number of rotatable bonds is 4. The van der Waals surface area contributed by atoms with E-state index in [1.54, 1.807) is 10.9 Å². The molecule has 3 heterocycles. The molecule has 10 heteroatoms. The Kier molecular flexibility index (Phi) is 5.81. The summed E-state index contributed by atoms with van der Waals surface area (Å²) >= 11 is 0. The number of nitrogens with zero attached hydrogens (tertiary/aromatic N) is 5. The van der Waals surface area contributed by atoms with Crippen molar-refractivity contribution in [2.45, 2.75) is 63.5 Å². The number of benzene rings is 2. The molecule has 2 aromatic carbocycles. The van der Waals surface area contributed by atoms with Crippen molar-refractivity contribution < 1.29 is 22.4 Å². The molecule has 0 unspecified atom stereocenters. The van der Waals surface area contributed by atoms with Gasteiger partial charge in [0.1, 0.15) is 5.82 Å². The van der Waals surface area contributed by atoms with E-state index in [1.807, 2.05) is 36.7 Å². The molecule has 2 aliphatic rings. The molecule has 198 valence electrons. The van der Waals surface area contributed by atoms with Crippen molar-refractivity contribution in [2.24, 2.45) is 7.05 Å². The zero-order valence-corrected chi connectivity index (χ0v) is 21.1. The number of imidazole rings is 1. The Morgan fingerprint density at radius 1 is 1.00 bits per heavy atom. The van der Waals surface area contributed by atoms with Crippen LogP contribution in [0.4, 0.5) is 23.2 Å². The van der Waals surface area contributed by atoms with Crippen LogP contribution in [0.15, 0.2) is 42.6 Å². The number of carbonyl (C=O) groups is 1. The Hall–Kier alpha value is -3.69. The van der Waals surface area contributed by atoms with Gasteiger partial charge in [-0.2, -0.15) is 5.10 Å². The van der Waals surface area contributed by atoms with Gasteiger partial charge in [0.2, 0.25) is 11.8 Å². The monoisotopic (exact) mass is 525 g/mol. The molecule has 6 nitrogen and oxygen atoms in total. The third-order valence-electron chi connectivity index (χ3n) is 7.86. The molecule has 38 heavy (non-hydrogen) atoms. The number of hydrogen-bond donors (Lipinski definition) is 0. The molecule has 0 radical (unpaired) electrons. The van der Waals surface area contributed by atoms with E-state index in [0.717, 1.165) is 34.5 Å². The van der Waals surface area contributed by atoms with Gasteiger partial charge in [0.25, 0.3) is 0 Å². The highest BCUT2D eigenvalue weighted by Gasteiger charge is 2.41. The normalized spacial score (nSPS) is 20.1. The SMILES string of the molecule is Cc1cnn(C)c1-c1ccc2c(c1)nc([C@@H]1CCC(=O)N1c1ccc(F)c(F)c1)n2C1CCC(F)(F)CC1. The van der Waals surface area contributed by atoms with Crippen LogP contribution in [-0.2, 0) is 11.8 Å². The van der Waals surface area contributed by atoms with Gasteiger partial charge in [-0.05, 0) is 56.0 Å². The summed E-state index contributed by atoms with van der Waals surface area (Å²) in [7, 11) is 1.86. The standard InChI is InChI=1S/C28H27F4N5O/c1-16-15-33-35(2)26(16)17-3-6-23-22(13-17)34-27(37(23)18-9-11-28(31,32)12-10-18)24-7-8-25(38)36(24)19-4-5-20(29)21(30)14-19/h3-6,13-15,18,24H,7-12H2,1-2H3/t24-/m0/s1. The van der Waals surface area contributed by atoms with E-state index in [2.05, 4.69) is 5.10 Å². The largest absolute Gasteiger partial charge is 0.323 e. The summed E-state index contributed by atoms with van der Waals surface area (Å²) in [5, 5.41) is 4.33. The van der Waals surface area contributed by atoms with Crippen molar-refractivity contribution in [3.63, 3.8) is 0 Å². The minimum atomic E-state index is -2.70. The predicted octanol–water partition coefficient (Wildman–Crippen LogP) is 6.64. The molecule has 0 spiro atoms. The molecular weight excluding hydrogens is 498 g/mol. The molecule has 4 aromatic rings. The lowest BCUT2D eigenvalue weighted by Crippen LogP contribution is -2.32. The summed E-state index contributed by atoms with van der Waals surface area (Å²) < 4.78 is 59.7. The lowest BCUT2D eigenvalue weighted by molar-refractivity contribution is -0.117. The van der Waals surface area contributed by atoms with Crippen LogP contribution in [-0.4, -0.2) is 31.2 Å². The molecule has 0 bridgehead atoms. The van der Waals surface area contributed by atoms with Gasteiger partial charge in [0.05, 0.1) is 29.0 Å². The zero-order valence-electron chi connectivity index (χ0n) is 21.1. The van der Waals surface area contributed by atoms with E-state index in [0.29, 0.717) is 17.8 Å². The molecule has 1 amide bonds. The second kappa shape index (κ2) is 8.96. The molecule has 1 aliphatic heterocycles. The van der Waals surface area contributed by atoms with Crippen LogP contribution in [0.5, 0.6) is 0 Å². The number of alkyl halides is 2. The van der Waals surface area contributed by atoms with Crippen molar-refractivity contribution in [3.05, 3.63) is 65.6 Å². The van der Waals surface area contributed by atoms with Gasteiger partial charge in [-0.3, -0.25) is 9.48 Å². The lowest BCUT2D eigenvalue weighted by atomic mass is 9.91. The van der Waals surface area contributed by atoms with Gasteiger partial charge >= 0.3 is 0 Å². The highest BCUT2D eigenvalue weighted by Crippen LogP contribution is 2.44. The number of amides is 1. The van der Waals surface area contributed by atoms with E-state index in [-0.39, 0.29) is 49.7 Å². The van der Waals surface area contributed by atoms with Gasteiger partial charge in [-0.1, -0.05) is 6.07 Å². The number of fused-ring (bicyclic) bond motifs is 1. The van der Waals surface area contributed by atoms with E-state index < -0.39 is 23.6 Å². The van der Waals surface area contributed by atoms with Gasteiger partial charge < -0.3 is 9.47 Å². The van der Waals surface area contributed by atoms with Gasteiger partial charge in [0, 0.05) is 49.7 Å². The first-order valence-electron chi connectivity index (χ1n) is 12.8. The smallest absolute Gasteiger partial charge is 0.248 e. The Morgan fingerprint density at radius 3 is 2.45 bits per heavy atom. The van der Waals surface area contributed by atoms with Crippen molar-refractivity contribution in [2.75, 3.05) is 4.90 Å². The van der Waals surface area contributed by atoms with Crippen molar-refractivity contribution >= 4 is 22.6 Å². The van der Waals surface area contributed by atoms with Crippen molar-refractivity contribution in [1.82, 2.24) is 19.3 Å². The van der Waals surface area contributed by atoms with Crippen LogP contribution >= 0.6 is 0 Å². The molecule has 2 fully saturated rings. The number of hydrogen-bond acceptors (Lipinski definition) is 3. The predicted molar refractivity (Wildman–Crippen MR) is 135 cm³/mol. The topological polar surface area (TPSA) is 56.0 Å². The van der Waals surface area contributed by atoms with Crippen LogP contribution < -0.4 is 4.90 Å². The van der Waals surface area contributed by atoms with Gasteiger partial charge in [0.15, 0.2) is 11.6 Å². The Labute approximate surface area is 216 Å². The molecule has 6 rings (SSSR count). The van der Waals surface area contributed by atoms with Crippen LogP contribution in [0.1, 0.15) is 62.0 Å². The maximum atomic E-state index is 14.1. The zero-order chi connectivity index (χ0) is 26.8. The fourth-order valence-corrected chi connectivity index (χ4v) is 6.02. The molecule has 1 aliphatic carbocycles. The van der Waals surface area contributed by atoms with Gasteiger partial charge in [-0.15, -0.1) is 0 Å². The summed E-state index contributed by atoms with van der Waals surface area (Å²) in [4.78, 5) is 19.4. The molecule has 0 N–H and O–H groups in total. The van der Waals surface area contributed by atoms with Crippen LogP contribution in [0, 0.1) is 18.6 Å². The summed E-state index contributed by atoms with van der Waals surface area (Å²) in [5.41, 5.74) is 4.59. The fraction of sp³-hybridized carbons (Fsp3) is 0.393. The summed E-state index contributed by atoms with van der Waals surface area (Å²) in [6, 6.07) is 8.51. The third kappa shape index (κ3) is 4.06. The molecule has 2 aromatic heterocycles. The Balaban J connectivity index is 1.50. The number of carbonyl (C=O) groups excluding carboxylic acids is 1. The van der Waals surface area contributed by atoms with Crippen molar-refractivity contribution in [3.8, 4) is 11.3 Å². The van der Waals surface area contributed by atoms with E-state index >= 15 is 0 Å². The molecule has 1 atom stereocenters. The fourth-order valence-electron chi connectivity index (χ4n) is 6.02. The Bertz CT molecular complexity index is 1530. The molecule has 1 saturated heterocycles. The summed E-state index contributed by atoms with van der Waals surface area (Å²) in [6.07, 6.45) is 2.54. The number of aryl methyl sites for hydroxylation is 2. The van der Waals surface area contributed by atoms with E-state index in [9.17, 15) is 22.4 Å². The number of aromatic nitrogens is 4. The summed E-state index contributed by atoms with van der Waals surface area (Å²) in [5.74, 6) is -4.38. The highest BCUT2D eigenvalue weighted by molar-refractivity contribution is 5.96. The van der Waals surface area contributed by atoms with Crippen LogP contribution in [0.3, 0.4) is 0 Å². The maximum absolute atomic E-state index is 14.1.